The fourth-order valence-electron chi connectivity index (χ4n) is 1.67. The van der Waals surface area contributed by atoms with E-state index in [0.29, 0.717) is 13.0 Å². The first-order valence-electron chi connectivity index (χ1n) is 5.19. The molecule has 0 spiro atoms. The monoisotopic (exact) mass is 222 g/mol. The van der Waals surface area contributed by atoms with Gasteiger partial charge >= 0.3 is 6.09 Å². The molecule has 4 nitrogen and oxygen atoms in total. The molecule has 0 radical (unpaired) electrons. The molecular weight excluding hydrogens is 204 g/mol. The van der Waals surface area contributed by atoms with Crippen molar-refractivity contribution in [2.24, 2.45) is 11.5 Å². The maximum atomic E-state index is 10.7. The predicted molar refractivity (Wildman–Crippen MR) is 62.8 cm³/mol. The minimum atomic E-state index is -0.750. The molecule has 88 valence electrons. The summed E-state index contributed by atoms with van der Waals surface area (Å²) in [6, 6.07) is 7.89. The molecule has 1 rings (SSSR count). The lowest BCUT2D eigenvalue weighted by Gasteiger charge is -2.24. The third kappa shape index (κ3) is 3.90. The fourth-order valence-corrected chi connectivity index (χ4v) is 1.67. The van der Waals surface area contributed by atoms with E-state index in [-0.39, 0.29) is 0 Å². The van der Waals surface area contributed by atoms with Gasteiger partial charge in [0, 0.05) is 13.0 Å². The largest absolute Gasteiger partial charge is 0.443 e. The zero-order valence-electron chi connectivity index (χ0n) is 9.69. The zero-order valence-corrected chi connectivity index (χ0v) is 9.69. The minimum Gasteiger partial charge on any atom is -0.443 e. The molecular formula is C12H18N2O2. The van der Waals surface area contributed by atoms with Gasteiger partial charge in [-0.3, -0.25) is 0 Å². The van der Waals surface area contributed by atoms with Crippen LogP contribution in [0.15, 0.2) is 24.3 Å². The van der Waals surface area contributed by atoms with Crippen LogP contribution in [0.4, 0.5) is 4.79 Å². The normalized spacial score (nSPS) is 11.2. The highest BCUT2D eigenvalue weighted by Crippen LogP contribution is 2.17. The first-order chi connectivity index (χ1) is 7.43. The van der Waals surface area contributed by atoms with E-state index in [2.05, 4.69) is 0 Å². The van der Waals surface area contributed by atoms with E-state index in [0.717, 1.165) is 11.1 Å². The fraction of sp³-hybridized carbons (Fsp3) is 0.417. The summed E-state index contributed by atoms with van der Waals surface area (Å²) in [6.45, 7) is 4.16. The SMILES string of the molecule is CC(C)(Cc1cccc(CN)c1)OC(N)=O. The Labute approximate surface area is 95.6 Å². The Kier molecular flexibility index (Phi) is 3.90. The Morgan fingerprint density at radius 1 is 1.38 bits per heavy atom. The van der Waals surface area contributed by atoms with Gasteiger partial charge < -0.3 is 16.2 Å². The van der Waals surface area contributed by atoms with Crippen LogP contribution in [0.1, 0.15) is 25.0 Å². The summed E-state index contributed by atoms with van der Waals surface area (Å²) >= 11 is 0. The average Bonchev–Trinajstić information content (AvgIpc) is 2.15. The second kappa shape index (κ2) is 4.99. The highest BCUT2D eigenvalue weighted by atomic mass is 16.6. The summed E-state index contributed by atoms with van der Waals surface area (Å²) < 4.78 is 5.02. The number of hydrogen-bond acceptors (Lipinski definition) is 3. The van der Waals surface area contributed by atoms with Gasteiger partial charge in [-0.05, 0) is 25.0 Å². The van der Waals surface area contributed by atoms with E-state index in [1.807, 2.05) is 38.1 Å². The number of amides is 1. The molecule has 0 unspecified atom stereocenters. The van der Waals surface area contributed by atoms with Gasteiger partial charge in [0.15, 0.2) is 0 Å². The van der Waals surface area contributed by atoms with E-state index in [4.69, 9.17) is 16.2 Å². The Balaban J connectivity index is 2.75. The summed E-state index contributed by atoms with van der Waals surface area (Å²) in [4.78, 5) is 10.7. The molecule has 1 amide bonds. The quantitative estimate of drug-likeness (QED) is 0.811. The average molecular weight is 222 g/mol. The van der Waals surface area contributed by atoms with Crippen molar-refractivity contribution in [1.82, 2.24) is 0 Å². The number of primary amides is 1. The number of hydrogen-bond donors (Lipinski definition) is 2. The second-order valence-electron chi connectivity index (χ2n) is 4.38. The van der Waals surface area contributed by atoms with Crippen LogP contribution in [0, 0.1) is 0 Å². The van der Waals surface area contributed by atoms with E-state index in [1.165, 1.54) is 0 Å². The number of rotatable bonds is 4. The van der Waals surface area contributed by atoms with Crippen LogP contribution in [-0.2, 0) is 17.7 Å². The molecule has 0 aliphatic carbocycles. The molecule has 0 aliphatic heterocycles. The van der Waals surface area contributed by atoms with E-state index in [1.54, 1.807) is 0 Å². The maximum Gasteiger partial charge on any atom is 0.405 e. The first-order valence-corrected chi connectivity index (χ1v) is 5.19. The van der Waals surface area contributed by atoms with Crippen molar-refractivity contribution in [2.75, 3.05) is 0 Å². The number of carbonyl (C=O) groups excluding carboxylic acids is 1. The van der Waals surface area contributed by atoms with Crippen LogP contribution in [0.5, 0.6) is 0 Å². The van der Waals surface area contributed by atoms with Crippen LogP contribution in [0.2, 0.25) is 0 Å². The Bertz CT molecular complexity index is 375. The van der Waals surface area contributed by atoms with E-state index >= 15 is 0 Å². The molecule has 0 aromatic heterocycles. The first kappa shape index (κ1) is 12.5. The van der Waals surface area contributed by atoms with Crippen LogP contribution in [-0.4, -0.2) is 11.7 Å². The predicted octanol–water partition coefficient (Wildman–Crippen LogP) is 1.56. The lowest BCUT2D eigenvalue weighted by molar-refractivity contribution is 0.0460. The molecule has 4 N–H and O–H groups in total. The molecule has 0 bridgehead atoms. The minimum absolute atomic E-state index is 0.505. The summed E-state index contributed by atoms with van der Waals surface area (Å²) in [5.41, 5.74) is 12.1. The molecule has 1 aromatic carbocycles. The number of carbonyl (C=O) groups is 1. The summed E-state index contributed by atoms with van der Waals surface area (Å²) in [7, 11) is 0. The molecule has 0 saturated carbocycles. The second-order valence-corrected chi connectivity index (χ2v) is 4.38. The van der Waals surface area contributed by atoms with Crippen molar-refractivity contribution in [3.05, 3.63) is 35.4 Å². The molecule has 0 heterocycles. The van der Waals surface area contributed by atoms with Crippen molar-refractivity contribution in [3.63, 3.8) is 0 Å². The third-order valence-corrected chi connectivity index (χ3v) is 2.23. The lowest BCUT2D eigenvalue weighted by atomic mass is 9.97. The van der Waals surface area contributed by atoms with Gasteiger partial charge in [0.2, 0.25) is 0 Å². The van der Waals surface area contributed by atoms with Crippen LogP contribution >= 0.6 is 0 Å². The molecule has 0 atom stereocenters. The number of ether oxygens (including phenoxy) is 1. The number of benzene rings is 1. The summed E-state index contributed by atoms with van der Waals surface area (Å²) in [5.74, 6) is 0. The standard InChI is InChI=1S/C12H18N2O2/c1-12(2,16-11(14)15)7-9-4-3-5-10(6-9)8-13/h3-6H,7-8,13H2,1-2H3,(H2,14,15). The molecule has 4 heteroatoms. The van der Waals surface area contributed by atoms with Crippen molar-refractivity contribution >= 4 is 6.09 Å². The van der Waals surface area contributed by atoms with Crippen molar-refractivity contribution in [1.29, 1.82) is 0 Å². The molecule has 0 aliphatic rings. The van der Waals surface area contributed by atoms with Crippen molar-refractivity contribution < 1.29 is 9.53 Å². The van der Waals surface area contributed by atoms with Gasteiger partial charge in [0.05, 0.1) is 0 Å². The Morgan fingerprint density at radius 2 is 2.00 bits per heavy atom. The summed E-state index contributed by atoms with van der Waals surface area (Å²) in [5, 5.41) is 0. The highest BCUT2D eigenvalue weighted by molar-refractivity contribution is 5.65. The van der Waals surface area contributed by atoms with Gasteiger partial charge in [-0.25, -0.2) is 4.79 Å². The smallest absolute Gasteiger partial charge is 0.405 e. The summed E-state index contributed by atoms with van der Waals surface area (Å²) in [6.07, 6.45) is -0.135. The third-order valence-electron chi connectivity index (χ3n) is 2.23. The highest BCUT2D eigenvalue weighted by Gasteiger charge is 2.22. The Hall–Kier alpha value is -1.55. The molecule has 0 fully saturated rings. The van der Waals surface area contributed by atoms with Crippen LogP contribution in [0.3, 0.4) is 0 Å². The van der Waals surface area contributed by atoms with Crippen LogP contribution < -0.4 is 11.5 Å². The maximum absolute atomic E-state index is 10.7. The van der Waals surface area contributed by atoms with E-state index in [9.17, 15) is 4.79 Å². The van der Waals surface area contributed by atoms with Gasteiger partial charge in [0.1, 0.15) is 5.60 Å². The number of nitrogens with two attached hydrogens (primary N) is 2. The molecule has 0 saturated heterocycles. The van der Waals surface area contributed by atoms with Gasteiger partial charge in [-0.15, -0.1) is 0 Å². The Morgan fingerprint density at radius 3 is 2.56 bits per heavy atom. The van der Waals surface area contributed by atoms with Crippen molar-refractivity contribution in [2.45, 2.75) is 32.4 Å². The van der Waals surface area contributed by atoms with Gasteiger partial charge in [0.25, 0.3) is 0 Å². The topological polar surface area (TPSA) is 78.3 Å². The van der Waals surface area contributed by atoms with Gasteiger partial charge in [-0.2, -0.15) is 0 Å². The van der Waals surface area contributed by atoms with Gasteiger partial charge in [-0.1, -0.05) is 24.3 Å². The van der Waals surface area contributed by atoms with E-state index < -0.39 is 11.7 Å². The van der Waals surface area contributed by atoms with Crippen LogP contribution in [0.25, 0.3) is 0 Å². The zero-order chi connectivity index (χ0) is 12.2. The molecule has 1 aromatic rings. The van der Waals surface area contributed by atoms with Crippen molar-refractivity contribution in [3.8, 4) is 0 Å². The molecule has 16 heavy (non-hydrogen) atoms. The lowest BCUT2D eigenvalue weighted by Crippen LogP contribution is -2.33.